The molecular formula is C51H63F3N4O10S. The van der Waals surface area contributed by atoms with Gasteiger partial charge in [0.15, 0.2) is 5.78 Å². The van der Waals surface area contributed by atoms with E-state index in [4.69, 9.17) is 23.9 Å². The number of sulfonamides is 1. The normalized spacial score (nSPS) is 28.1. The van der Waals surface area contributed by atoms with Crippen LogP contribution in [0.5, 0.6) is 11.6 Å². The molecular weight excluding hydrogens is 918 g/mol. The largest absolute Gasteiger partial charge is 0.497 e. The Morgan fingerprint density at radius 3 is 2.38 bits per heavy atom. The topological polar surface area (TPSA) is 171 Å². The van der Waals surface area contributed by atoms with Crippen LogP contribution in [0.4, 0.5) is 18.9 Å². The van der Waals surface area contributed by atoms with Crippen molar-refractivity contribution in [2.45, 2.75) is 121 Å². The predicted octanol–water partition coefficient (Wildman–Crippen LogP) is 7.96. The molecule has 0 spiro atoms. The van der Waals surface area contributed by atoms with Crippen molar-refractivity contribution in [3.63, 3.8) is 0 Å². The number of amides is 2. The molecule has 18 heteroatoms. The minimum atomic E-state index is -4.88. The number of benzene rings is 2. The number of nitrogens with one attached hydrogen (secondary N) is 1. The number of esters is 1. The van der Waals surface area contributed by atoms with Gasteiger partial charge in [-0.25, -0.2) is 13.4 Å². The summed E-state index contributed by atoms with van der Waals surface area (Å²) in [5.41, 5.74) is -1.82. The second-order valence-corrected chi connectivity index (χ2v) is 22.8. The summed E-state index contributed by atoms with van der Waals surface area (Å²) < 4.78 is 92.7. The summed E-state index contributed by atoms with van der Waals surface area (Å²) in [5, 5.41) is 1.36. The Morgan fingerprint density at radius 2 is 1.71 bits per heavy atom. The molecule has 5 aliphatic rings. The first-order valence-electron chi connectivity index (χ1n) is 24.0. The third kappa shape index (κ3) is 10.6. The van der Waals surface area contributed by atoms with Gasteiger partial charge in [-0.2, -0.15) is 13.2 Å². The molecule has 7 atom stereocenters. The fourth-order valence-corrected chi connectivity index (χ4v) is 11.4. The Balaban J connectivity index is 1.15. The SMILES string of the molecule is COc1ccc2c(OC3C[C@H]4C(=O)C[C@]5(C(=O)NS(=O)(=O)C6(C)CC6)C[C@H]5/C=C\CC[C@H](C)C[C@@H](C)[C@H](CC(=O)OC(C)(C)C(F)(F)F)C(=O)N4C3)nc(-c3ccc(N4CCOCC4)cc3)cc2c1. The Kier molecular flexibility index (Phi) is 13.9. The van der Waals surface area contributed by atoms with E-state index in [0.717, 1.165) is 43.6 Å². The fraction of sp³-hybridized carbons (Fsp3) is 0.588. The van der Waals surface area contributed by atoms with Crippen LogP contribution in [0.1, 0.15) is 92.4 Å². The quantitative estimate of drug-likeness (QED) is 0.146. The summed E-state index contributed by atoms with van der Waals surface area (Å²) in [4.78, 5) is 66.4. The number of hydrogen-bond acceptors (Lipinski definition) is 12. The Morgan fingerprint density at radius 1 is 1.00 bits per heavy atom. The average molecular weight is 981 g/mol. The molecule has 8 rings (SSSR count). The summed E-state index contributed by atoms with van der Waals surface area (Å²) >= 11 is 0. The number of morpholine rings is 1. The molecule has 4 fully saturated rings. The monoisotopic (exact) mass is 980 g/mol. The van der Waals surface area contributed by atoms with Gasteiger partial charge >= 0.3 is 12.1 Å². The highest BCUT2D eigenvalue weighted by molar-refractivity contribution is 7.91. The summed E-state index contributed by atoms with van der Waals surface area (Å²) in [7, 11) is -2.50. The summed E-state index contributed by atoms with van der Waals surface area (Å²) in [5.74, 6) is -4.51. The van der Waals surface area contributed by atoms with Crippen molar-refractivity contribution in [3.8, 4) is 22.9 Å². The first-order chi connectivity index (χ1) is 32.5. The number of fused-ring (bicyclic) bond motifs is 3. The van der Waals surface area contributed by atoms with Crippen molar-refractivity contribution in [2.75, 3.05) is 44.9 Å². The maximum Gasteiger partial charge on any atom is 0.427 e. The van der Waals surface area contributed by atoms with Gasteiger partial charge in [0.05, 0.1) is 61.1 Å². The van der Waals surface area contributed by atoms with Crippen LogP contribution in [0.15, 0.2) is 60.7 Å². The van der Waals surface area contributed by atoms with E-state index in [1.165, 1.54) is 4.90 Å². The molecule has 2 amide bonds. The second-order valence-electron chi connectivity index (χ2n) is 20.6. The van der Waals surface area contributed by atoms with Crippen LogP contribution in [-0.4, -0.2) is 110 Å². The van der Waals surface area contributed by atoms with Gasteiger partial charge in [-0.3, -0.25) is 23.9 Å². The molecule has 1 N–H and O–H groups in total. The molecule has 4 heterocycles. The number of carbonyl (C=O) groups excluding carboxylic acids is 4. The molecule has 2 aliphatic carbocycles. The Bertz CT molecular complexity index is 2600. The molecule has 0 radical (unpaired) electrons. The Hall–Kier alpha value is -5.23. The van der Waals surface area contributed by atoms with Crippen molar-refractivity contribution in [1.82, 2.24) is 14.6 Å². The van der Waals surface area contributed by atoms with Crippen LogP contribution < -0.4 is 19.1 Å². The lowest BCUT2D eigenvalue weighted by Gasteiger charge is -2.33. The van der Waals surface area contributed by atoms with Crippen LogP contribution in [0.25, 0.3) is 22.0 Å². The van der Waals surface area contributed by atoms with Gasteiger partial charge in [-0.1, -0.05) is 38.1 Å². The highest BCUT2D eigenvalue weighted by atomic mass is 32.2. The van der Waals surface area contributed by atoms with Crippen LogP contribution in [0, 0.1) is 29.1 Å². The van der Waals surface area contributed by atoms with Crippen molar-refractivity contribution >= 4 is 50.1 Å². The van der Waals surface area contributed by atoms with Gasteiger partial charge in [0.1, 0.15) is 11.9 Å². The number of nitrogens with zero attached hydrogens (tertiary/aromatic N) is 3. The molecule has 69 heavy (non-hydrogen) atoms. The third-order valence-electron chi connectivity index (χ3n) is 15.1. The number of pyridine rings is 1. The van der Waals surface area contributed by atoms with Gasteiger partial charge in [0.2, 0.25) is 33.3 Å². The van der Waals surface area contributed by atoms with E-state index in [1.54, 1.807) is 33.1 Å². The zero-order valence-corrected chi connectivity index (χ0v) is 40.9. The first kappa shape index (κ1) is 50.2. The maximum atomic E-state index is 15.2. The number of ether oxygens (including phenoxy) is 4. The van der Waals surface area contributed by atoms with Gasteiger partial charge < -0.3 is 28.7 Å². The van der Waals surface area contributed by atoms with Gasteiger partial charge in [0, 0.05) is 42.6 Å². The smallest absolute Gasteiger partial charge is 0.427 e. The molecule has 0 bridgehead atoms. The van der Waals surface area contributed by atoms with Crippen molar-refractivity contribution in [2.24, 2.45) is 29.1 Å². The van der Waals surface area contributed by atoms with E-state index < -0.39 is 98.3 Å². The maximum absolute atomic E-state index is 15.2. The fourth-order valence-electron chi connectivity index (χ4n) is 10.0. The number of halogens is 3. The number of alkyl halides is 3. The minimum absolute atomic E-state index is 0.00248. The highest BCUT2D eigenvalue weighted by Crippen LogP contribution is 2.58. The standard InChI is InChI=1S/C51H63F3N4O10S/c1-31-9-7-8-10-35-28-50(35,47(62)56-69(63,64)49(5)17-18-49)29-43(59)42-26-38(30-58(42)46(61)40(32(2)23-31)27-44(60)68-48(3,4)51(52,53)54)67-45-39-16-15-37(65-6)24-34(39)25-41(55-45)33-11-13-36(14-12-33)57-19-21-66-22-20-57/h8,10-16,24-25,31-32,35,38,40,42H,7,9,17-23,26-30H2,1-6H3,(H,56,62)/b10-8-/t31-,32+,35+,38?,40-,42-,50+/m0/s1. The third-order valence-corrected chi connectivity index (χ3v) is 17.2. The van der Waals surface area contributed by atoms with E-state index >= 15 is 4.79 Å². The number of rotatable bonds is 11. The lowest BCUT2D eigenvalue weighted by molar-refractivity contribution is -0.257. The minimum Gasteiger partial charge on any atom is -0.497 e. The van der Waals surface area contributed by atoms with Crippen LogP contribution in [-0.2, 0) is 38.7 Å². The van der Waals surface area contributed by atoms with Crippen molar-refractivity contribution in [1.29, 1.82) is 0 Å². The average Bonchev–Trinajstić information content (AvgIpc) is 4.19. The zero-order valence-electron chi connectivity index (χ0n) is 40.1. The number of methoxy groups -OCH3 is 1. The van der Waals surface area contributed by atoms with Crippen molar-refractivity contribution < 1.29 is 59.7 Å². The van der Waals surface area contributed by atoms with Gasteiger partial charge in [0.25, 0.3) is 0 Å². The molecule has 3 aliphatic heterocycles. The summed E-state index contributed by atoms with van der Waals surface area (Å²) in [6, 6.07) is 14.1. The number of anilines is 1. The Labute approximate surface area is 401 Å². The van der Waals surface area contributed by atoms with Crippen LogP contribution in [0.2, 0.25) is 0 Å². The number of hydrogen-bond donors (Lipinski definition) is 1. The number of allylic oxidation sites excluding steroid dienone is 2. The number of aromatic nitrogens is 1. The van der Waals surface area contributed by atoms with Crippen LogP contribution in [0.3, 0.4) is 0 Å². The highest BCUT2D eigenvalue weighted by Gasteiger charge is 2.63. The van der Waals surface area contributed by atoms with Crippen LogP contribution >= 0.6 is 0 Å². The second kappa shape index (κ2) is 19.2. The van der Waals surface area contributed by atoms with Gasteiger partial charge in [-0.05, 0) is 119 Å². The van der Waals surface area contributed by atoms with E-state index in [2.05, 4.69) is 9.62 Å². The van der Waals surface area contributed by atoms with E-state index in [0.29, 0.717) is 62.1 Å². The molecule has 374 valence electrons. The molecule has 2 aromatic carbocycles. The lowest BCUT2D eigenvalue weighted by Crippen LogP contribution is -2.48. The molecule has 1 aromatic heterocycles. The van der Waals surface area contributed by atoms with Crippen molar-refractivity contribution in [3.05, 3.63) is 60.7 Å². The van der Waals surface area contributed by atoms with E-state index in [-0.39, 0.29) is 31.2 Å². The first-order valence-corrected chi connectivity index (χ1v) is 25.5. The van der Waals surface area contributed by atoms with E-state index in [9.17, 15) is 36.0 Å². The molecule has 1 unspecified atom stereocenters. The number of ketones is 1. The molecule has 2 saturated carbocycles. The number of Topliss-reactive ketones (excluding diaryl/α,β-unsaturated/α-hetero) is 1. The predicted molar refractivity (Wildman–Crippen MR) is 252 cm³/mol. The zero-order chi connectivity index (χ0) is 49.7. The molecule has 2 saturated heterocycles. The lowest BCUT2D eigenvalue weighted by atomic mass is 9.82. The summed E-state index contributed by atoms with van der Waals surface area (Å²) in [6.07, 6.45) is -0.421. The molecule has 3 aromatic rings. The summed E-state index contributed by atoms with van der Waals surface area (Å²) in [6.45, 7) is 9.46. The van der Waals surface area contributed by atoms with E-state index in [1.807, 2.05) is 55.5 Å². The van der Waals surface area contributed by atoms with Gasteiger partial charge in [-0.15, -0.1) is 0 Å². The number of carbonyl (C=O) groups is 4. The molecule has 14 nitrogen and oxygen atoms in total.